The average Bonchev–Trinajstić information content (AvgIpc) is 2.43. The first kappa shape index (κ1) is 15.0. The van der Waals surface area contributed by atoms with Crippen molar-refractivity contribution in [3.63, 3.8) is 0 Å². The zero-order chi connectivity index (χ0) is 14.7. The minimum atomic E-state index is -0.668. The highest BCUT2D eigenvalue weighted by Crippen LogP contribution is 2.32. The molecule has 1 heterocycles. The Morgan fingerprint density at radius 3 is 2.75 bits per heavy atom. The van der Waals surface area contributed by atoms with E-state index in [9.17, 15) is 14.5 Å². The van der Waals surface area contributed by atoms with Crippen LogP contribution in [0.25, 0.3) is 0 Å². The summed E-state index contributed by atoms with van der Waals surface area (Å²) >= 11 is 5.59. The van der Waals surface area contributed by atoms with Crippen molar-refractivity contribution >= 4 is 23.0 Å². The molecule has 0 spiro atoms. The number of halogens is 2. The first-order valence-corrected chi connectivity index (χ1v) is 6.84. The third-order valence-corrected chi connectivity index (χ3v) is 3.88. The molecule has 1 N–H and O–H groups in total. The van der Waals surface area contributed by atoms with Crippen LogP contribution in [0.15, 0.2) is 12.1 Å². The Morgan fingerprint density at radius 1 is 1.50 bits per heavy atom. The highest BCUT2D eigenvalue weighted by molar-refractivity contribution is 6.31. The standard InChI is InChI=1S/C13H16ClFN2O3/c1-8(9-2-4-20-5-3-9)16-12-7-11(15)10(14)6-13(12)17(18)19/h6-9,16H,2-5H2,1H3. The van der Waals surface area contributed by atoms with E-state index in [0.717, 1.165) is 25.0 Å². The monoisotopic (exact) mass is 302 g/mol. The van der Waals surface area contributed by atoms with Gasteiger partial charge in [-0.15, -0.1) is 0 Å². The number of ether oxygens (including phenoxy) is 1. The highest BCUT2D eigenvalue weighted by Gasteiger charge is 2.24. The van der Waals surface area contributed by atoms with Gasteiger partial charge in [0.25, 0.3) is 5.69 Å². The van der Waals surface area contributed by atoms with Crippen molar-refractivity contribution in [3.05, 3.63) is 33.1 Å². The first-order chi connectivity index (χ1) is 9.49. The van der Waals surface area contributed by atoms with Crippen molar-refractivity contribution in [2.75, 3.05) is 18.5 Å². The largest absolute Gasteiger partial charge is 0.381 e. The Balaban J connectivity index is 2.19. The fourth-order valence-corrected chi connectivity index (χ4v) is 2.54. The van der Waals surface area contributed by atoms with Gasteiger partial charge in [0.15, 0.2) is 0 Å². The van der Waals surface area contributed by atoms with Gasteiger partial charge in [0, 0.05) is 31.4 Å². The predicted octanol–water partition coefficient (Wildman–Crippen LogP) is 3.61. The minimum absolute atomic E-state index is 0.00169. The summed E-state index contributed by atoms with van der Waals surface area (Å²) in [4.78, 5) is 10.4. The second kappa shape index (κ2) is 6.37. The summed E-state index contributed by atoms with van der Waals surface area (Å²) in [6.45, 7) is 3.31. The van der Waals surface area contributed by atoms with Crippen LogP contribution in [0, 0.1) is 21.8 Å². The molecule has 1 aromatic carbocycles. The second-order valence-electron chi connectivity index (χ2n) is 4.92. The van der Waals surface area contributed by atoms with Gasteiger partial charge >= 0.3 is 0 Å². The number of benzene rings is 1. The molecule has 0 amide bonds. The van der Waals surface area contributed by atoms with E-state index < -0.39 is 10.7 Å². The average molecular weight is 303 g/mol. The maximum Gasteiger partial charge on any atom is 0.294 e. The summed E-state index contributed by atoms with van der Waals surface area (Å²) in [5, 5.41) is 13.8. The van der Waals surface area contributed by atoms with Crippen molar-refractivity contribution in [1.29, 1.82) is 0 Å². The molecule has 0 radical (unpaired) electrons. The van der Waals surface area contributed by atoms with Crippen LogP contribution in [-0.4, -0.2) is 24.2 Å². The van der Waals surface area contributed by atoms with Crippen LogP contribution in [0.3, 0.4) is 0 Å². The van der Waals surface area contributed by atoms with Gasteiger partial charge in [0.05, 0.1) is 9.95 Å². The van der Waals surface area contributed by atoms with Gasteiger partial charge in [-0.25, -0.2) is 4.39 Å². The number of nitro groups is 1. The Kier molecular flexibility index (Phi) is 4.77. The lowest BCUT2D eigenvalue weighted by atomic mass is 9.92. The van der Waals surface area contributed by atoms with Crippen molar-refractivity contribution < 1.29 is 14.1 Å². The number of rotatable bonds is 4. The summed E-state index contributed by atoms with van der Waals surface area (Å²) in [6, 6.07) is 2.12. The SMILES string of the molecule is CC(Nc1cc(F)c(Cl)cc1[N+](=O)[O-])C1CCOCC1. The fraction of sp³-hybridized carbons (Fsp3) is 0.538. The molecule has 0 aromatic heterocycles. The minimum Gasteiger partial charge on any atom is -0.381 e. The maximum atomic E-state index is 13.5. The Labute approximate surface area is 121 Å². The molecule has 0 bridgehead atoms. The molecule has 1 saturated heterocycles. The number of nitrogens with zero attached hydrogens (tertiary/aromatic N) is 1. The molecule has 1 unspecified atom stereocenters. The van der Waals surface area contributed by atoms with Gasteiger partial charge in [0.1, 0.15) is 11.5 Å². The molecule has 2 rings (SSSR count). The molecule has 5 nitrogen and oxygen atoms in total. The molecule has 1 aromatic rings. The smallest absolute Gasteiger partial charge is 0.294 e. The van der Waals surface area contributed by atoms with Crippen LogP contribution in [0.5, 0.6) is 0 Å². The molecule has 20 heavy (non-hydrogen) atoms. The Hall–Kier alpha value is -1.40. The van der Waals surface area contributed by atoms with Crippen LogP contribution in [0.2, 0.25) is 5.02 Å². The van der Waals surface area contributed by atoms with E-state index >= 15 is 0 Å². The lowest BCUT2D eigenvalue weighted by molar-refractivity contribution is -0.384. The van der Waals surface area contributed by atoms with Crippen LogP contribution >= 0.6 is 11.6 Å². The van der Waals surface area contributed by atoms with Gasteiger partial charge in [-0.3, -0.25) is 10.1 Å². The zero-order valence-corrected chi connectivity index (χ0v) is 11.8. The van der Waals surface area contributed by atoms with E-state index in [4.69, 9.17) is 16.3 Å². The quantitative estimate of drug-likeness (QED) is 0.681. The molecule has 110 valence electrons. The highest BCUT2D eigenvalue weighted by atomic mass is 35.5. The third-order valence-electron chi connectivity index (χ3n) is 3.59. The molecule has 1 aliphatic heterocycles. The fourth-order valence-electron chi connectivity index (χ4n) is 2.38. The van der Waals surface area contributed by atoms with Gasteiger partial charge in [-0.2, -0.15) is 0 Å². The summed E-state index contributed by atoms with van der Waals surface area (Å²) < 4.78 is 18.8. The van der Waals surface area contributed by atoms with Crippen LogP contribution < -0.4 is 5.32 Å². The summed E-state index contributed by atoms with van der Waals surface area (Å²) in [6.07, 6.45) is 1.77. The number of nitro benzene ring substituents is 1. The van der Waals surface area contributed by atoms with Gasteiger partial charge in [-0.05, 0) is 25.7 Å². The molecule has 1 aliphatic rings. The van der Waals surface area contributed by atoms with E-state index in [-0.39, 0.29) is 22.4 Å². The lowest BCUT2D eigenvalue weighted by Crippen LogP contribution is -2.31. The first-order valence-electron chi connectivity index (χ1n) is 6.46. The van der Waals surface area contributed by atoms with E-state index in [2.05, 4.69) is 5.32 Å². The van der Waals surface area contributed by atoms with Crippen molar-refractivity contribution in [3.8, 4) is 0 Å². The van der Waals surface area contributed by atoms with Gasteiger partial charge in [-0.1, -0.05) is 11.6 Å². The van der Waals surface area contributed by atoms with E-state index in [1.54, 1.807) is 0 Å². The third kappa shape index (κ3) is 3.37. The predicted molar refractivity (Wildman–Crippen MR) is 74.7 cm³/mol. The van der Waals surface area contributed by atoms with Crippen LogP contribution in [0.1, 0.15) is 19.8 Å². The van der Waals surface area contributed by atoms with Crippen molar-refractivity contribution in [2.45, 2.75) is 25.8 Å². The van der Waals surface area contributed by atoms with E-state index in [1.165, 1.54) is 0 Å². The molecule has 7 heteroatoms. The van der Waals surface area contributed by atoms with Crippen molar-refractivity contribution in [2.24, 2.45) is 5.92 Å². The maximum absolute atomic E-state index is 13.5. The van der Waals surface area contributed by atoms with E-state index in [0.29, 0.717) is 19.1 Å². The molecule has 1 fully saturated rings. The lowest BCUT2D eigenvalue weighted by Gasteiger charge is -2.29. The Morgan fingerprint density at radius 2 is 2.15 bits per heavy atom. The zero-order valence-electron chi connectivity index (χ0n) is 11.1. The Bertz CT molecular complexity index is 507. The molecular weight excluding hydrogens is 287 g/mol. The summed E-state index contributed by atoms with van der Waals surface area (Å²) in [5.41, 5.74) is -0.0498. The summed E-state index contributed by atoms with van der Waals surface area (Å²) in [5.74, 6) is -0.318. The number of hydrogen-bond donors (Lipinski definition) is 1. The van der Waals surface area contributed by atoms with Gasteiger partial charge < -0.3 is 10.1 Å². The van der Waals surface area contributed by atoms with Crippen LogP contribution in [-0.2, 0) is 4.74 Å². The number of anilines is 1. The van der Waals surface area contributed by atoms with Crippen LogP contribution in [0.4, 0.5) is 15.8 Å². The molecular formula is C13H16ClFN2O3. The van der Waals surface area contributed by atoms with Crippen molar-refractivity contribution in [1.82, 2.24) is 0 Å². The summed E-state index contributed by atoms with van der Waals surface area (Å²) in [7, 11) is 0. The number of hydrogen-bond acceptors (Lipinski definition) is 4. The van der Waals surface area contributed by atoms with Gasteiger partial charge in [0.2, 0.25) is 0 Å². The molecule has 0 aliphatic carbocycles. The number of nitrogens with one attached hydrogen (secondary N) is 1. The molecule has 0 saturated carbocycles. The topological polar surface area (TPSA) is 64.4 Å². The molecule has 1 atom stereocenters. The van der Waals surface area contributed by atoms with E-state index in [1.807, 2.05) is 6.92 Å². The normalized spacial score (nSPS) is 17.8. The second-order valence-corrected chi connectivity index (χ2v) is 5.33.